The molecule has 4 rings (SSSR count). The van der Waals surface area contributed by atoms with E-state index in [4.69, 9.17) is 9.47 Å². The standard InChI is InChI=1S/C30H35NO4/c1-3-4-5-8-21-35-28-10-7-6-9-26(28)22-31(30(33)19-20-30)29(32)25-13-11-23(12-14-25)24-15-17-27(34-2)18-16-24/h6-7,9-18,33H,3-5,8,19-22H2,1-2H3. The van der Waals surface area contributed by atoms with E-state index >= 15 is 0 Å². The van der Waals surface area contributed by atoms with E-state index in [-0.39, 0.29) is 5.91 Å². The summed E-state index contributed by atoms with van der Waals surface area (Å²) in [5.41, 5.74) is 2.43. The molecule has 0 bridgehead atoms. The van der Waals surface area contributed by atoms with Gasteiger partial charge in [0.25, 0.3) is 5.91 Å². The smallest absolute Gasteiger partial charge is 0.256 e. The summed E-state index contributed by atoms with van der Waals surface area (Å²) in [5.74, 6) is 1.41. The van der Waals surface area contributed by atoms with Crippen LogP contribution in [0.4, 0.5) is 0 Å². The van der Waals surface area contributed by atoms with E-state index in [1.807, 2.05) is 72.8 Å². The van der Waals surface area contributed by atoms with E-state index in [1.165, 1.54) is 12.8 Å². The number of amides is 1. The zero-order valence-corrected chi connectivity index (χ0v) is 20.7. The van der Waals surface area contributed by atoms with Crippen molar-refractivity contribution in [3.05, 3.63) is 83.9 Å². The van der Waals surface area contributed by atoms with Crippen LogP contribution in [0.5, 0.6) is 11.5 Å². The summed E-state index contributed by atoms with van der Waals surface area (Å²) >= 11 is 0. The molecule has 1 amide bonds. The van der Waals surface area contributed by atoms with Crippen molar-refractivity contribution in [2.75, 3.05) is 13.7 Å². The van der Waals surface area contributed by atoms with Crippen molar-refractivity contribution in [2.24, 2.45) is 0 Å². The minimum atomic E-state index is -1.10. The van der Waals surface area contributed by atoms with Crippen LogP contribution in [0.1, 0.15) is 61.4 Å². The van der Waals surface area contributed by atoms with Crippen molar-refractivity contribution >= 4 is 5.91 Å². The van der Waals surface area contributed by atoms with Crippen LogP contribution in [0.3, 0.4) is 0 Å². The van der Waals surface area contributed by atoms with Gasteiger partial charge in [-0.3, -0.25) is 4.79 Å². The molecule has 0 unspecified atom stereocenters. The average molecular weight is 474 g/mol. The van der Waals surface area contributed by atoms with Gasteiger partial charge in [0.2, 0.25) is 0 Å². The van der Waals surface area contributed by atoms with E-state index in [1.54, 1.807) is 12.0 Å². The summed E-state index contributed by atoms with van der Waals surface area (Å²) in [6, 6.07) is 23.2. The van der Waals surface area contributed by atoms with Crippen molar-refractivity contribution in [2.45, 2.75) is 57.7 Å². The number of unbranched alkanes of at least 4 members (excludes halogenated alkanes) is 3. The average Bonchev–Trinajstić information content (AvgIpc) is 3.65. The van der Waals surface area contributed by atoms with Crippen LogP contribution in [0, 0.1) is 0 Å². The number of benzene rings is 3. The molecule has 3 aromatic carbocycles. The zero-order valence-electron chi connectivity index (χ0n) is 20.7. The maximum Gasteiger partial charge on any atom is 0.256 e. The summed E-state index contributed by atoms with van der Waals surface area (Å²) in [6.45, 7) is 3.15. The van der Waals surface area contributed by atoms with E-state index in [0.717, 1.165) is 41.0 Å². The van der Waals surface area contributed by atoms with Gasteiger partial charge in [0.15, 0.2) is 0 Å². The number of methoxy groups -OCH3 is 1. The van der Waals surface area contributed by atoms with Crippen LogP contribution in [0.25, 0.3) is 11.1 Å². The number of hydrogen-bond acceptors (Lipinski definition) is 4. The molecule has 0 aromatic heterocycles. The lowest BCUT2D eigenvalue weighted by molar-refractivity contribution is -0.0150. The quantitative estimate of drug-likeness (QED) is 0.243. The van der Waals surface area contributed by atoms with Gasteiger partial charge in [-0.15, -0.1) is 0 Å². The van der Waals surface area contributed by atoms with Gasteiger partial charge < -0.3 is 19.5 Å². The second kappa shape index (κ2) is 11.4. The summed E-state index contributed by atoms with van der Waals surface area (Å²) in [6.07, 6.45) is 5.72. The highest BCUT2D eigenvalue weighted by Gasteiger charge is 2.49. The molecule has 5 nitrogen and oxygen atoms in total. The fraction of sp³-hybridized carbons (Fsp3) is 0.367. The Hall–Kier alpha value is -3.31. The molecular weight excluding hydrogens is 438 g/mol. The van der Waals surface area contributed by atoms with Gasteiger partial charge in [-0.2, -0.15) is 0 Å². The number of carbonyl (C=O) groups is 1. The molecule has 1 aliphatic rings. The Morgan fingerprint density at radius 1 is 0.914 bits per heavy atom. The molecule has 1 saturated carbocycles. The van der Waals surface area contributed by atoms with E-state index in [9.17, 15) is 9.90 Å². The first kappa shape index (κ1) is 24.8. The maximum absolute atomic E-state index is 13.5. The molecular formula is C30H35NO4. The first-order valence-electron chi connectivity index (χ1n) is 12.5. The highest BCUT2D eigenvalue weighted by Crippen LogP contribution is 2.41. The Morgan fingerprint density at radius 2 is 1.57 bits per heavy atom. The van der Waals surface area contributed by atoms with Gasteiger partial charge in [0.05, 0.1) is 20.3 Å². The molecule has 0 aliphatic heterocycles. The Bertz CT molecular complexity index is 1100. The number of para-hydroxylation sites is 1. The molecule has 1 fully saturated rings. The number of aliphatic hydroxyl groups is 1. The topological polar surface area (TPSA) is 59.0 Å². The molecule has 0 atom stereocenters. The minimum Gasteiger partial charge on any atom is -0.497 e. The van der Waals surface area contributed by atoms with Crippen LogP contribution in [0.2, 0.25) is 0 Å². The van der Waals surface area contributed by atoms with Gasteiger partial charge >= 0.3 is 0 Å². The van der Waals surface area contributed by atoms with Gasteiger partial charge in [-0.1, -0.05) is 68.7 Å². The van der Waals surface area contributed by atoms with Crippen LogP contribution in [0.15, 0.2) is 72.8 Å². The third-order valence-electron chi connectivity index (χ3n) is 6.56. The van der Waals surface area contributed by atoms with Crippen molar-refractivity contribution < 1.29 is 19.4 Å². The number of rotatable bonds is 12. The molecule has 0 saturated heterocycles. The fourth-order valence-electron chi connectivity index (χ4n) is 4.19. The third kappa shape index (κ3) is 6.23. The molecule has 1 N–H and O–H groups in total. The molecule has 0 heterocycles. The predicted molar refractivity (Wildman–Crippen MR) is 139 cm³/mol. The highest BCUT2D eigenvalue weighted by molar-refractivity contribution is 5.95. The summed E-state index contributed by atoms with van der Waals surface area (Å²) in [5, 5.41) is 11.0. The normalized spacial score (nSPS) is 13.8. The Kier molecular flexibility index (Phi) is 8.09. The number of nitrogens with zero attached hydrogens (tertiary/aromatic N) is 1. The minimum absolute atomic E-state index is 0.177. The maximum atomic E-state index is 13.5. The molecule has 0 spiro atoms. The zero-order chi connectivity index (χ0) is 24.7. The second-order valence-electron chi connectivity index (χ2n) is 9.20. The lowest BCUT2D eigenvalue weighted by Crippen LogP contribution is -2.41. The first-order valence-corrected chi connectivity index (χ1v) is 12.5. The highest BCUT2D eigenvalue weighted by atomic mass is 16.5. The molecule has 1 aliphatic carbocycles. The third-order valence-corrected chi connectivity index (χ3v) is 6.56. The molecule has 0 radical (unpaired) electrons. The molecule has 35 heavy (non-hydrogen) atoms. The largest absolute Gasteiger partial charge is 0.497 e. The lowest BCUT2D eigenvalue weighted by Gasteiger charge is -2.29. The van der Waals surface area contributed by atoms with Gasteiger partial charge in [0.1, 0.15) is 17.2 Å². The summed E-state index contributed by atoms with van der Waals surface area (Å²) < 4.78 is 11.3. The summed E-state index contributed by atoms with van der Waals surface area (Å²) in [7, 11) is 1.65. The number of carbonyl (C=O) groups excluding carboxylic acids is 1. The van der Waals surface area contributed by atoms with Crippen LogP contribution < -0.4 is 9.47 Å². The second-order valence-corrected chi connectivity index (χ2v) is 9.20. The van der Waals surface area contributed by atoms with Crippen molar-refractivity contribution in [3.63, 3.8) is 0 Å². The van der Waals surface area contributed by atoms with Gasteiger partial charge in [-0.25, -0.2) is 0 Å². The first-order chi connectivity index (χ1) is 17.0. The van der Waals surface area contributed by atoms with Gasteiger partial charge in [-0.05, 0) is 60.7 Å². The Labute approximate surface area is 208 Å². The van der Waals surface area contributed by atoms with Crippen molar-refractivity contribution in [1.29, 1.82) is 0 Å². The SMILES string of the molecule is CCCCCCOc1ccccc1CN(C(=O)c1ccc(-c2ccc(OC)cc2)cc1)C1(O)CC1. The molecule has 3 aromatic rings. The van der Waals surface area contributed by atoms with Crippen LogP contribution in [-0.2, 0) is 6.54 Å². The lowest BCUT2D eigenvalue weighted by atomic mass is 10.0. The molecule has 5 heteroatoms. The van der Waals surface area contributed by atoms with E-state index in [2.05, 4.69) is 6.92 Å². The van der Waals surface area contributed by atoms with E-state index < -0.39 is 5.72 Å². The number of hydrogen-bond donors (Lipinski definition) is 1. The predicted octanol–water partition coefficient (Wildman–Crippen LogP) is 6.45. The Morgan fingerprint density at radius 3 is 2.20 bits per heavy atom. The fourth-order valence-corrected chi connectivity index (χ4v) is 4.19. The van der Waals surface area contributed by atoms with Crippen molar-refractivity contribution in [3.8, 4) is 22.6 Å². The van der Waals surface area contributed by atoms with E-state index in [0.29, 0.717) is 31.6 Å². The summed E-state index contributed by atoms with van der Waals surface area (Å²) in [4.78, 5) is 15.1. The van der Waals surface area contributed by atoms with Gasteiger partial charge in [0, 0.05) is 11.1 Å². The Balaban J connectivity index is 1.48. The molecule has 184 valence electrons. The van der Waals surface area contributed by atoms with Crippen molar-refractivity contribution in [1.82, 2.24) is 4.90 Å². The van der Waals surface area contributed by atoms with Crippen LogP contribution in [-0.4, -0.2) is 35.4 Å². The number of ether oxygens (including phenoxy) is 2. The monoisotopic (exact) mass is 473 g/mol. The van der Waals surface area contributed by atoms with Crippen LogP contribution >= 0.6 is 0 Å².